The zero-order valence-corrected chi connectivity index (χ0v) is 14.5. The fourth-order valence-corrected chi connectivity index (χ4v) is 3.48. The van der Waals surface area contributed by atoms with Gasteiger partial charge in [-0.25, -0.2) is 0 Å². The van der Waals surface area contributed by atoms with Crippen LogP contribution in [0.3, 0.4) is 0 Å². The molecule has 24 heavy (non-hydrogen) atoms. The van der Waals surface area contributed by atoms with Crippen LogP contribution < -0.4 is 16.4 Å². The Kier molecular flexibility index (Phi) is 7.25. The molecule has 1 saturated carbocycles. The summed E-state index contributed by atoms with van der Waals surface area (Å²) < 4.78 is 0. The largest absolute Gasteiger partial charge is 0.357 e. The Morgan fingerprint density at radius 3 is 2.50 bits per heavy atom. The van der Waals surface area contributed by atoms with Crippen LogP contribution in [0.25, 0.3) is 0 Å². The number of carbonyl (C=O) groups excluding carboxylic acids is 2. The lowest BCUT2D eigenvalue weighted by atomic mass is 9.96. The van der Waals surface area contributed by atoms with Crippen molar-refractivity contribution in [2.24, 2.45) is 11.7 Å². The highest BCUT2D eigenvalue weighted by molar-refractivity contribution is 5.87. The second kappa shape index (κ2) is 9.42. The van der Waals surface area contributed by atoms with Gasteiger partial charge in [-0.1, -0.05) is 56.0 Å². The Morgan fingerprint density at radius 2 is 1.88 bits per heavy atom. The molecule has 2 amide bonds. The van der Waals surface area contributed by atoms with Crippen LogP contribution >= 0.6 is 0 Å². The smallest absolute Gasteiger partial charge is 0.242 e. The van der Waals surface area contributed by atoms with Gasteiger partial charge in [0.15, 0.2) is 0 Å². The lowest BCUT2D eigenvalue weighted by molar-refractivity contribution is -0.128. The number of rotatable bonds is 8. The molecule has 0 saturated heterocycles. The van der Waals surface area contributed by atoms with Crippen molar-refractivity contribution in [2.75, 3.05) is 7.05 Å². The van der Waals surface area contributed by atoms with Crippen molar-refractivity contribution in [1.29, 1.82) is 0 Å². The van der Waals surface area contributed by atoms with E-state index >= 15 is 0 Å². The van der Waals surface area contributed by atoms with Crippen LogP contribution in [0.4, 0.5) is 0 Å². The Bertz CT molecular complexity index is 527. The van der Waals surface area contributed by atoms with Crippen molar-refractivity contribution in [1.82, 2.24) is 10.6 Å². The van der Waals surface area contributed by atoms with Gasteiger partial charge in [-0.2, -0.15) is 0 Å². The van der Waals surface area contributed by atoms with Gasteiger partial charge in [0.05, 0.1) is 0 Å². The number of nitrogens with two attached hydrogens (primary N) is 1. The number of nitrogens with one attached hydrogen (secondary N) is 2. The van der Waals surface area contributed by atoms with Crippen LogP contribution in [0, 0.1) is 5.92 Å². The van der Waals surface area contributed by atoms with Gasteiger partial charge in [0, 0.05) is 25.9 Å². The Hall–Kier alpha value is -1.88. The predicted molar refractivity (Wildman–Crippen MR) is 95.3 cm³/mol. The summed E-state index contributed by atoms with van der Waals surface area (Å²) in [6.45, 7) is 0. The molecule has 0 aliphatic heterocycles. The summed E-state index contributed by atoms with van der Waals surface area (Å²) in [7, 11) is 1.58. The van der Waals surface area contributed by atoms with E-state index in [9.17, 15) is 9.59 Å². The van der Waals surface area contributed by atoms with Crippen molar-refractivity contribution >= 4 is 11.8 Å². The first kappa shape index (κ1) is 18.5. The van der Waals surface area contributed by atoms with E-state index in [0.29, 0.717) is 12.3 Å². The summed E-state index contributed by atoms with van der Waals surface area (Å²) in [4.78, 5) is 24.3. The second-order valence-corrected chi connectivity index (χ2v) is 6.77. The summed E-state index contributed by atoms with van der Waals surface area (Å²) in [6.07, 6.45) is 6.66. The lowest BCUT2D eigenvalue weighted by Crippen LogP contribution is -2.48. The van der Waals surface area contributed by atoms with Crippen LogP contribution in [0.5, 0.6) is 0 Å². The van der Waals surface area contributed by atoms with Gasteiger partial charge in [0.2, 0.25) is 11.8 Å². The van der Waals surface area contributed by atoms with Crippen LogP contribution in [0.15, 0.2) is 30.3 Å². The molecule has 1 aromatic rings. The van der Waals surface area contributed by atoms with E-state index in [2.05, 4.69) is 10.6 Å². The topological polar surface area (TPSA) is 84.2 Å². The predicted octanol–water partition coefficient (Wildman–Crippen LogP) is 1.76. The first-order valence-electron chi connectivity index (χ1n) is 8.89. The first-order valence-corrected chi connectivity index (χ1v) is 8.89. The maximum atomic E-state index is 12.3. The van der Waals surface area contributed by atoms with E-state index in [1.807, 2.05) is 30.3 Å². The van der Waals surface area contributed by atoms with Gasteiger partial charge >= 0.3 is 0 Å². The van der Waals surface area contributed by atoms with Crippen molar-refractivity contribution in [3.05, 3.63) is 35.9 Å². The van der Waals surface area contributed by atoms with E-state index in [4.69, 9.17) is 5.73 Å². The van der Waals surface area contributed by atoms with Crippen molar-refractivity contribution in [3.8, 4) is 0 Å². The second-order valence-electron chi connectivity index (χ2n) is 6.77. The SMILES string of the molecule is CNC(=O)C(Cc1ccccc1)NC(=O)CC(N)CC1CCCC1. The van der Waals surface area contributed by atoms with Crippen LogP contribution in [0.2, 0.25) is 0 Å². The van der Waals surface area contributed by atoms with Gasteiger partial charge in [0.1, 0.15) is 6.04 Å². The molecule has 0 radical (unpaired) electrons. The van der Waals surface area contributed by atoms with E-state index in [1.165, 1.54) is 25.7 Å². The molecule has 1 aliphatic rings. The number of likely N-dealkylation sites (N-methyl/N-ethyl adjacent to an activating group) is 1. The molecule has 0 heterocycles. The molecule has 0 spiro atoms. The maximum absolute atomic E-state index is 12.3. The number of benzene rings is 1. The van der Waals surface area contributed by atoms with E-state index < -0.39 is 6.04 Å². The molecule has 1 fully saturated rings. The van der Waals surface area contributed by atoms with Crippen LogP contribution in [0.1, 0.15) is 44.1 Å². The van der Waals surface area contributed by atoms with E-state index in [0.717, 1.165) is 12.0 Å². The highest BCUT2D eigenvalue weighted by Gasteiger charge is 2.23. The highest BCUT2D eigenvalue weighted by Crippen LogP contribution is 2.28. The number of amides is 2. The van der Waals surface area contributed by atoms with E-state index in [-0.39, 0.29) is 24.3 Å². The monoisotopic (exact) mass is 331 g/mol. The molecule has 1 aromatic carbocycles. The quantitative estimate of drug-likeness (QED) is 0.678. The molecule has 4 N–H and O–H groups in total. The zero-order valence-electron chi connectivity index (χ0n) is 14.5. The average molecular weight is 331 g/mol. The summed E-state index contributed by atoms with van der Waals surface area (Å²) >= 11 is 0. The van der Waals surface area contributed by atoms with Crippen molar-refractivity contribution in [3.63, 3.8) is 0 Å². The van der Waals surface area contributed by atoms with Gasteiger partial charge in [0.25, 0.3) is 0 Å². The van der Waals surface area contributed by atoms with Gasteiger partial charge < -0.3 is 16.4 Å². The normalized spacial score (nSPS) is 17.2. The van der Waals surface area contributed by atoms with Crippen molar-refractivity contribution < 1.29 is 9.59 Å². The third-order valence-corrected chi connectivity index (χ3v) is 4.74. The van der Waals surface area contributed by atoms with Crippen LogP contribution in [-0.4, -0.2) is 30.9 Å². The fraction of sp³-hybridized carbons (Fsp3) is 0.579. The molecular formula is C19H29N3O2. The van der Waals surface area contributed by atoms with Gasteiger partial charge in [-0.15, -0.1) is 0 Å². The minimum atomic E-state index is -0.566. The Balaban J connectivity index is 1.85. The maximum Gasteiger partial charge on any atom is 0.242 e. The minimum Gasteiger partial charge on any atom is -0.357 e. The molecule has 0 bridgehead atoms. The highest BCUT2D eigenvalue weighted by atomic mass is 16.2. The molecule has 5 heteroatoms. The Labute approximate surface area is 144 Å². The molecule has 132 valence electrons. The average Bonchev–Trinajstić information content (AvgIpc) is 3.07. The zero-order chi connectivity index (χ0) is 17.4. The molecule has 2 unspecified atom stereocenters. The molecule has 5 nitrogen and oxygen atoms in total. The molecule has 1 aliphatic carbocycles. The number of hydrogen-bond donors (Lipinski definition) is 3. The summed E-state index contributed by atoms with van der Waals surface area (Å²) in [5.74, 6) is 0.327. The van der Waals surface area contributed by atoms with Gasteiger partial charge in [-0.05, 0) is 17.9 Å². The molecule has 2 rings (SSSR count). The summed E-state index contributed by atoms with van der Waals surface area (Å²) in [6, 6.07) is 8.99. The molecule has 2 atom stereocenters. The minimum absolute atomic E-state index is 0.129. The molecule has 0 aromatic heterocycles. The van der Waals surface area contributed by atoms with Crippen molar-refractivity contribution in [2.45, 2.75) is 57.0 Å². The van der Waals surface area contributed by atoms with E-state index in [1.54, 1.807) is 7.05 Å². The lowest BCUT2D eigenvalue weighted by Gasteiger charge is -2.20. The number of hydrogen-bond acceptors (Lipinski definition) is 3. The summed E-state index contributed by atoms with van der Waals surface area (Å²) in [5.41, 5.74) is 7.15. The van der Waals surface area contributed by atoms with Gasteiger partial charge in [-0.3, -0.25) is 9.59 Å². The third kappa shape index (κ3) is 5.96. The number of carbonyl (C=O) groups is 2. The fourth-order valence-electron chi connectivity index (χ4n) is 3.48. The Morgan fingerprint density at radius 1 is 1.21 bits per heavy atom. The molecular weight excluding hydrogens is 302 g/mol. The third-order valence-electron chi connectivity index (χ3n) is 4.74. The van der Waals surface area contributed by atoms with Crippen LogP contribution in [-0.2, 0) is 16.0 Å². The standard InChI is InChI=1S/C19H29N3O2/c1-21-19(24)17(12-15-7-3-2-4-8-15)22-18(23)13-16(20)11-14-9-5-6-10-14/h2-4,7-8,14,16-17H,5-6,9-13,20H2,1H3,(H,21,24)(H,22,23). The summed E-state index contributed by atoms with van der Waals surface area (Å²) in [5, 5.41) is 5.46. The first-order chi connectivity index (χ1) is 11.6.